The summed E-state index contributed by atoms with van der Waals surface area (Å²) in [4.78, 5) is 0. The fraction of sp³-hybridized carbons (Fsp3) is 0.760. The summed E-state index contributed by atoms with van der Waals surface area (Å²) in [5.74, 6) is 10.1. The fourth-order valence-electron chi connectivity index (χ4n) is 7.08. The smallest absolute Gasteiger partial charge is 0.131 e. The third-order valence-electron chi connectivity index (χ3n) is 8.73. The van der Waals surface area contributed by atoms with Gasteiger partial charge in [0.25, 0.3) is 0 Å². The molecule has 0 bridgehead atoms. The molecule has 2 nitrogen and oxygen atoms in total. The summed E-state index contributed by atoms with van der Waals surface area (Å²) in [6.07, 6.45) is 13.1. The number of hydrogen-bond acceptors (Lipinski definition) is 2. The summed E-state index contributed by atoms with van der Waals surface area (Å²) in [6, 6.07) is 0. The van der Waals surface area contributed by atoms with Gasteiger partial charge in [0.2, 0.25) is 0 Å². The molecule has 0 saturated heterocycles. The number of alkyl halides is 1. The third kappa shape index (κ3) is 2.96. The maximum atomic E-state index is 11.5. The Morgan fingerprint density at radius 1 is 1.21 bits per heavy atom. The van der Waals surface area contributed by atoms with E-state index >= 15 is 0 Å². The summed E-state index contributed by atoms with van der Waals surface area (Å²) in [6.45, 7) is 7.62. The van der Waals surface area contributed by atoms with Gasteiger partial charge in [0.1, 0.15) is 5.60 Å². The lowest BCUT2D eigenvalue weighted by molar-refractivity contribution is -0.0924. The number of hydrogen-bond donors (Lipinski definition) is 1. The number of fused-ring (bicyclic) bond motifs is 5. The van der Waals surface area contributed by atoms with Crippen molar-refractivity contribution < 1.29 is 9.84 Å². The number of halogens is 1. The molecule has 0 unspecified atom stereocenters. The molecule has 4 rings (SSSR count). The summed E-state index contributed by atoms with van der Waals surface area (Å²) in [5.41, 5.74) is 0.836. The average Bonchev–Trinajstić information content (AvgIpc) is 2.94. The van der Waals surface area contributed by atoms with Crippen molar-refractivity contribution >= 4 is 11.6 Å². The van der Waals surface area contributed by atoms with Crippen LogP contribution in [0.1, 0.15) is 72.1 Å². The van der Waals surface area contributed by atoms with Crippen molar-refractivity contribution in [1.29, 1.82) is 0 Å². The molecule has 1 N–H and O–H groups in total. The van der Waals surface area contributed by atoms with Crippen LogP contribution in [0, 0.1) is 40.4 Å². The molecule has 6 atom stereocenters. The maximum absolute atomic E-state index is 11.5. The molecule has 0 aromatic heterocycles. The highest BCUT2D eigenvalue weighted by atomic mass is 35.5. The standard InChI is InChI=1S/C25H35ClO2/c1-4-28-19-9-13-23(2)18(17-19)7-8-20-21(23)10-14-24(3)22(20)11-15-25(24,27)12-5-6-16-26/h7,17,20-22,27H,4,6,8-11,13-16H2,1-3H3/t20-,21+,22+,23+,24+,25+/m1/s1. The van der Waals surface area contributed by atoms with Crippen LogP contribution in [0.3, 0.4) is 0 Å². The Balaban J connectivity index is 1.62. The van der Waals surface area contributed by atoms with Gasteiger partial charge in [0.05, 0.1) is 12.4 Å². The molecule has 3 heteroatoms. The first kappa shape index (κ1) is 20.4. The van der Waals surface area contributed by atoms with Gasteiger partial charge in [-0.15, -0.1) is 11.6 Å². The molecular formula is C25H35ClO2. The van der Waals surface area contributed by atoms with Crippen LogP contribution in [-0.2, 0) is 4.74 Å². The van der Waals surface area contributed by atoms with Crippen LogP contribution in [-0.4, -0.2) is 23.2 Å². The molecule has 4 aliphatic carbocycles. The third-order valence-corrected chi connectivity index (χ3v) is 8.92. The first-order valence-corrected chi connectivity index (χ1v) is 11.7. The van der Waals surface area contributed by atoms with Crippen LogP contribution in [0.15, 0.2) is 23.5 Å². The van der Waals surface area contributed by atoms with E-state index in [4.69, 9.17) is 16.3 Å². The fourth-order valence-corrected chi connectivity index (χ4v) is 7.17. The van der Waals surface area contributed by atoms with E-state index in [0.29, 0.717) is 30.1 Å². The summed E-state index contributed by atoms with van der Waals surface area (Å²) >= 11 is 5.80. The zero-order valence-electron chi connectivity index (χ0n) is 17.7. The number of rotatable bonds is 3. The van der Waals surface area contributed by atoms with Crippen molar-refractivity contribution in [2.24, 2.45) is 28.6 Å². The lowest BCUT2D eigenvalue weighted by Crippen LogP contribution is -2.53. The van der Waals surface area contributed by atoms with Gasteiger partial charge in [-0.05, 0) is 80.3 Å². The Kier molecular flexibility index (Phi) is 5.39. The maximum Gasteiger partial charge on any atom is 0.131 e. The van der Waals surface area contributed by atoms with Gasteiger partial charge in [0.15, 0.2) is 0 Å². The number of aliphatic hydroxyl groups is 1. The molecule has 28 heavy (non-hydrogen) atoms. The van der Waals surface area contributed by atoms with E-state index in [-0.39, 0.29) is 10.8 Å². The van der Waals surface area contributed by atoms with E-state index < -0.39 is 5.60 Å². The minimum absolute atomic E-state index is 0.0871. The molecule has 2 saturated carbocycles. The molecular weight excluding hydrogens is 368 g/mol. The van der Waals surface area contributed by atoms with Crippen molar-refractivity contribution in [2.75, 3.05) is 12.5 Å². The van der Waals surface area contributed by atoms with E-state index in [2.05, 4.69) is 44.8 Å². The minimum Gasteiger partial charge on any atom is -0.498 e. The van der Waals surface area contributed by atoms with Crippen molar-refractivity contribution in [3.8, 4) is 11.8 Å². The van der Waals surface area contributed by atoms with Crippen LogP contribution in [0.2, 0.25) is 0 Å². The first-order chi connectivity index (χ1) is 13.4. The zero-order chi connectivity index (χ0) is 20.0. The second kappa shape index (κ2) is 7.41. The lowest BCUT2D eigenvalue weighted by atomic mass is 9.47. The number of allylic oxidation sites excluding steroid dienone is 4. The van der Waals surface area contributed by atoms with Gasteiger partial charge in [-0.2, -0.15) is 0 Å². The van der Waals surface area contributed by atoms with Gasteiger partial charge in [-0.25, -0.2) is 0 Å². The Morgan fingerprint density at radius 2 is 2.00 bits per heavy atom. The van der Waals surface area contributed by atoms with Crippen molar-refractivity contribution in [1.82, 2.24) is 0 Å². The van der Waals surface area contributed by atoms with Gasteiger partial charge < -0.3 is 9.84 Å². The highest BCUT2D eigenvalue weighted by molar-refractivity contribution is 6.18. The highest BCUT2D eigenvalue weighted by Crippen LogP contribution is 2.66. The molecule has 0 radical (unpaired) electrons. The molecule has 0 spiro atoms. The molecule has 154 valence electrons. The van der Waals surface area contributed by atoms with Crippen LogP contribution >= 0.6 is 11.6 Å². The first-order valence-electron chi connectivity index (χ1n) is 11.2. The predicted octanol–water partition coefficient (Wildman–Crippen LogP) is 5.84. The summed E-state index contributed by atoms with van der Waals surface area (Å²) < 4.78 is 5.83. The molecule has 4 aliphatic rings. The molecule has 0 aromatic rings. The molecule has 0 aromatic carbocycles. The van der Waals surface area contributed by atoms with Gasteiger partial charge in [-0.3, -0.25) is 0 Å². The van der Waals surface area contributed by atoms with E-state index in [0.717, 1.165) is 44.5 Å². The minimum atomic E-state index is -0.839. The van der Waals surface area contributed by atoms with Crippen molar-refractivity contribution in [2.45, 2.75) is 77.7 Å². The molecule has 0 amide bonds. The van der Waals surface area contributed by atoms with E-state index in [9.17, 15) is 5.11 Å². The summed E-state index contributed by atoms with van der Waals surface area (Å²) in [7, 11) is 0. The summed E-state index contributed by atoms with van der Waals surface area (Å²) in [5, 5.41) is 11.5. The highest BCUT2D eigenvalue weighted by Gasteiger charge is 2.63. The Hall–Kier alpha value is -0.910. The van der Waals surface area contributed by atoms with Gasteiger partial charge in [-0.1, -0.05) is 31.8 Å². The van der Waals surface area contributed by atoms with Crippen molar-refractivity contribution in [3.63, 3.8) is 0 Å². The largest absolute Gasteiger partial charge is 0.498 e. The second-order valence-corrected chi connectivity index (χ2v) is 10.2. The van der Waals surface area contributed by atoms with E-state index in [1.807, 2.05) is 0 Å². The van der Waals surface area contributed by atoms with E-state index in [1.165, 1.54) is 18.4 Å². The second-order valence-electron chi connectivity index (χ2n) is 9.83. The normalized spacial score (nSPS) is 44.2. The molecule has 0 heterocycles. The van der Waals surface area contributed by atoms with Crippen LogP contribution < -0.4 is 0 Å². The van der Waals surface area contributed by atoms with Gasteiger partial charge >= 0.3 is 0 Å². The lowest BCUT2D eigenvalue weighted by Gasteiger charge is -2.57. The zero-order valence-corrected chi connectivity index (χ0v) is 18.4. The Morgan fingerprint density at radius 3 is 2.75 bits per heavy atom. The van der Waals surface area contributed by atoms with Crippen molar-refractivity contribution in [3.05, 3.63) is 23.5 Å². The van der Waals surface area contributed by atoms with Gasteiger partial charge in [0, 0.05) is 24.1 Å². The van der Waals surface area contributed by atoms with Crippen LogP contribution in [0.4, 0.5) is 0 Å². The number of ether oxygens (including phenoxy) is 1. The predicted molar refractivity (Wildman–Crippen MR) is 115 cm³/mol. The quantitative estimate of drug-likeness (QED) is 0.474. The van der Waals surface area contributed by atoms with Crippen LogP contribution in [0.25, 0.3) is 0 Å². The SMILES string of the molecule is CCOC1=CC2=CC[C@@H]3[C@H](CC[C@@]4(C)[C@H]3CC[C@@]4(O)C#CCCCl)[C@@]2(C)CC1. The Labute approximate surface area is 175 Å². The monoisotopic (exact) mass is 402 g/mol. The Bertz CT molecular complexity index is 743. The molecule has 2 fully saturated rings. The van der Waals surface area contributed by atoms with E-state index in [1.54, 1.807) is 0 Å². The van der Waals surface area contributed by atoms with Crippen LogP contribution in [0.5, 0.6) is 0 Å². The molecule has 0 aliphatic heterocycles. The average molecular weight is 403 g/mol. The topological polar surface area (TPSA) is 29.5 Å².